The first-order chi connectivity index (χ1) is 10.8. The highest BCUT2D eigenvalue weighted by molar-refractivity contribution is 14.1. The van der Waals surface area contributed by atoms with Crippen molar-refractivity contribution >= 4 is 43.9 Å². The van der Waals surface area contributed by atoms with Crippen LogP contribution in [0.1, 0.15) is 38.7 Å². The number of nitrogens with zero attached hydrogens (tertiary/aromatic N) is 1. The lowest BCUT2D eigenvalue weighted by Gasteiger charge is -2.22. The zero-order valence-electron chi connectivity index (χ0n) is 13.7. The molecule has 0 spiro atoms. The third-order valence-electron chi connectivity index (χ3n) is 3.32. The summed E-state index contributed by atoms with van der Waals surface area (Å²) >= 11 is 1.71. The predicted octanol–water partition coefficient (Wildman–Crippen LogP) is 3.48. The first kappa shape index (κ1) is 19.6. The molecule has 23 heavy (non-hydrogen) atoms. The second kappa shape index (κ2) is 9.64. The summed E-state index contributed by atoms with van der Waals surface area (Å²) in [4.78, 5) is 36.3. The van der Waals surface area contributed by atoms with Gasteiger partial charge in [-0.05, 0) is 35.1 Å². The van der Waals surface area contributed by atoms with Gasteiger partial charge >= 0.3 is 5.97 Å². The van der Waals surface area contributed by atoms with Gasteiger partial charge in [-0.15, -0.1) is 0 Å². The molecule has 126 valence electrons. The van der Waals surface area contributed by atoms with Crippen molar-refractivity contribution in [3.63, 3.8) is 0 Å². The van der Waals surface area contributed by atoms with E-state index >= 15 is 0 Å². The minimum Gasteiger partial charge on any atom is -0.461 e. The molecule has 1 aromatic carbocycles. The largest absolute Gasteiger partial charge is 0.461 e. The third kappa shape index (κ3) is 6.68. The fourth-order valence-corrected chi connectivity index (χ4v) is 2.45. The molecule has 0 bridgehead atoms. The van der Waals surface area contributed by atoms with Gasteiger partial charge in [0.1, 0.15) is 6.61 Å². The Morgan fingerprint density at radius 2 is 1.83 bits per heavy atom. The molecule has 0 saturated carbocycles. The topological polar surface area (TPSA) is 63.7 Å². The first-order valence-corrected chi connectivity index (χ1v) is 8.60. The van der Waals surface area contributed by atoms with Crippen LogP contribution >= 0.6 is 22.6 Å². The molecule has 0 aliphatic heterocycles. The van der Waals surface area contributed by atoms with E-state index in [4.69, 9.17) is 4.74 Å². The fourth-order valence-electron chi connectivity index (χ4n) is 2.07. The Bertz CT molecular complexity index is 571. The van der Waals surface area contributed by atoms with Crippen LogP contribution in [-0.2, 0) is 25.7 Å². The number of ether oxygens (including phenoxy) is 1. The van der Waals surface area contributed by atoms with Crippen LogP contribution in [-0.4, -0.2) is 22.7 Å². The number of carbonyl (C=O) groups excluding carboxylic acids is 3. The Morgan fingerprint density at radius 1 is 1.17 bits per heavy atom. The average molecular weight is 431 g/mol. The number of esters is 1. The number of benzene rings is 1. The number of hydrogen-bond acceptors (Lipinski definition) is 4. The standard InChI is InChI=1S/C17H22INO4/c1-12(2)17(22)19(3)14-8-5-4-7-13(14)11-23-16(21)10-6-9-15(18)20/h4-5,7-8,12H,6,9-11H2,1-3H3. The van der Waals surface area contributed by atoms with Gasteiger partial charge in [0, 0.05) is 37.1 Å². The maximum Gasteiger partial charge on any atom is 0.306 e. The summed E-state index contributed by atoms with van der Waals surface area (Å²) in [5, 5.41) is 0. The summed E-state index contributed by atoms with van der Waals surface area (Å²) in [6.07, 6.45) is 1.09. The fraction of sp³-hybridized carbons (Fsp3) is 0.471. The lowest BCUT2D eigenvalue weighted by molar-refractivity contribution is -0.145. The molecule has 1 amide bonds. The van der Waals surface area contributed by atoms with Crippen molar-refractivity contribution < 1.29 is 19.1 Å². The van der Waals surface area contributed by atoms with Crippen molar-refractivity contribution in [2.24, 2.45) is 5.92 Å². The number of anilines is 1. The summed E-state index contributed by atoms with van der Waals surface area (Å²) in [6, 6.07) is 7.35. The van der Waals surface area contributed by atoms with Crippen LogP contribution in [0.25, 0.3) is 0 Å². The molecule has 0 N–H and O–H groups in total. The molecular formula is C17H22INO4. The number of halogens is 1. The summed E-state index contributed by atoms with van der Waals surface area (Å²) in [5.41, 5.74) is 1.52. The molecule has 1 aromatic rings. The molecule has 0 heterocycles. The molecule has 0 aromatic heterocycles. The smallest absolute Gasteiger partial charge is 0.306 e. The molecule has 5 nitrogen and oxygen atoms in total. The van der Waals surface area contributed by atoms with Crippen LogP contribution in [0.4, 0.5) is 5.69 Å². The van der Waals surface area contributed by atoms with Gasteiger partial charge in [0.05, 0.1) is 0 Å². The maximum atomic E-state index is 12.1. The molecular weight excluding hydrogens is 409 g/mol. The van der Waals surface area contributed by atoms with Gasteiger partial charge in [0.25, 0.3) is 0 Å². The molecule has 6 heteroatoms. The van der Waals surface area contributed by atoms with E-state index in [0.717, 1.165) is 11.3 Å². The SMILES string of the molecule is CC(C)C(=O)N(C)c1ccccc1COC(=O)CCCC(=O)I. The quantitative estimate of drug-likeness (QED) is 0.359. The van der Waals surface area contributed by atoms with E-state index in [1.165, 1.54) is 0 Å². The zero-order chi connectivity index (χ0) is 17.4. The number of para-hydroxylation sites is 1. The normalized spacial score (nSPS) is 10.5. The van der Waals surface area contributed by atoms with E-state index in [2.05, 4.69) is 0 Å². The monoisotopic (exact) mass is 431 g/mol. The van der Waals surface area contributed by atoms with Gasteiger partial charge < -0.3 is 9.64 Å². The summed E-state index contributed by atoms with van der Waals surface area (Å²) < 4.78 is 5.29. The number of carbonyl (C=O) groups is 3. The van der Waals surface area contributed by atoms with Gasteiger partial charge in [0.2, 0.25) is 5.91 Å². The maximum absolute atomic E-state index is 12.1. The van der Waals surface area contributed by atoms with E-state index < -0.39 is 0 Å². The van der Waals surface area contributed by atoms with Crippen molar-refractivity contribution in [3.05, 3.63) is 29.8 Å². The predicted molar refractivity (Wildman–Crippen MR) is 97.4 cm³/mol. The average Bonchev–Trinajstić information content (AvgIpc) is 2.51. The molecule has 0 fully saturated rings. The minimum atomic E-state index is -0.338. The second-order valence-electron chi connectivity index (χ2n) is 5.55. The number of amides is 1. The van der Waals surface area contributed by atoms with E-state index in [-0.39, 0.29) is 34.6 Å². The van der Waals surface area contributed by atoms with E-state index in [1.807, 2.05) is 38.1 Å². The Balaban J connectivity index is 2.65. The Labute approximate surface area is 150 Å². The Hall–Kier alpha value is -1.44. The number of rotatable bonds is 8. The minimum absolute atomic E-state index is 0.00401. The van der Waals surface area contributed by atoms with Crippen molar-refractivity contribution in [1.82, 2.24) is 0 Å². The van der Waals surface area contributed by atoms with E-state index in [9.17, 15) is 14.4 Å². The molecule has 1 rings (SSSR count). The van der Waals surface area contributed by atoms with Crippen LogP contribution in [0, 0.1) is 5.92 Å². The summed E-state index contributed by atoms with van der Waals surface area (Å²) in [5.74, 6) is -0.443. The second-order valence-corrected chi connectivity index (χ2v) is 6.75. The van der Waals surface area contributed by atoms with Crippen LogP contribution < -0.4 is 4.90 Å². The van der Waals surface area contributed by atoms with Gasteiger partial charge in [-0.2, -0.15) is 0 Å². The van der Waals surface area contributed by atoms with Crippen molar-refractivity contribution in [2.75, 3.05) is 11.9 Å². The lowest BCUT2D eigenvalue weighted by atomic mass is 10.1. The zero-order valence-corrected chi connectivity index (χ0v) is 15.8. The van der Waals surface area contributed by atoms with Gasteiger partial charge in [0.15, 0.2) is 3.79 Å². The van der Waals surface area contributed by atoms with E-state index in [0.29, 0.717) is 12.8 Å². The molecule has 0 saturated heterocycles. The highest BCUT2D eigenvalue weighted by Crippen LogP contribution is 2.22. The van der Waals surface area contributed by atoms with E-state index in [1.54, 1.807) is 34.5 Å². The molecule has 0 aliphatic carbocycles. The Kier molecular flexibility index (Phi) is 8.22. The van der Waals surface area contributed by atoms with Crippen molar-refractivity contribution in [1.29, 1.82) is 0 Å². The Morgan fingerprint density at radius 3 is 2.43 bits per heavy atom. The molecule has 0 unspecified atom stereocenters. The highest BCUT2D eigenvalue weighted by Gasteiger charge is 2.17. The van der Waals surface area contributed by atoms with Gasteiger partial charge in [-0.3, -0.25) is 14.4 Å². The molecule has 0 aliphatic rings. The number of hydrogen-bond donors (Lipinski definition) is 0. The van der Waals surface area contributed by atoms with Crippen LogP contribution in [0.5, 0.6) is 0 Å². The highest BCUT2D eigenvalue weighted by atomic mass is 127. The van der Waals surface area contributed by atoms with Gasteiger partial charge in [-0.25, -0.2) is 0 Å². The van der Waals surface area contributed by atoms with Crippen molar-refractivity contribution in [3.8, 4) is 0 Å². The summed E-state index contributed by atoms with van der Waals surface area (Å²) in [6.45, 7) is 3.80. The van der Waals surface area contributed by atoms with Crippen LogP contribution in [0.3, 0.4) is 0 Å². The first-order valence-electron chi connectivity index (χ1n) is 7.52. The van der Waals surface area contributed by atoms with Crippen molar-refractivity contribution in [2.45, 2.75) is 39.7 Å². The van der Waals surface area contributed by atoms with Crippen LogP contribution in [0.2, 0.25) is 0 Å². The third-order valence-corrected chi connectivity index (χ3v) is 3.86. The van der Waals surface area contributed by atoms with Crippen LogP contribution in [0.15, 0.2) is 24.3 Å². The molecule has 0 radical (unpaired) electrons. The molecule has 0 atom stereocenters. The van der Waals surface area contributed by atoms with Gasteiger partial charge in [-0.1, -0.05) is 32.0 Å². The summed E-state index contributed by atoms with van der Waals surface area (Å²) in [7, 11) is 1.72. The lowest BCUT2D eigenvalue weighted by Crippen LogP contribution is -2.31.